The third kappa shape index (κ3) is 3.78. The summed E-state index contributed by atoms with van der Waals surface area (Å²) in [5.41, 5.74) is -1.07. The van der Waals surface area contributed by atoms with Gasteiger partial charge in [-0.2, -0.15) is 13.2 Å². The molecule has 13 heteroatoms. The van der Waals surface area contributed by atoms with E-state index < -0.39 is 53.4 Å². The second kappa shape index (κ2) is 7.78. The number of carbonyl (C=O) groups is 2. The number of aliphatic hydroxyl groups excluding tert-OH is 2. The number of fused-ring (bicyclic) bond motifs is 1. The summed E-state index contributed by atoms with van der Waals surface area (Å²) in [5, 5.41) is 24.6. The molecule has 1 saturated heterocycles. The predicted octanol–water partition coefficient (Wildman–Crippen LogP) is 1.30. The highest BCUT2D eigenvalue weighted by Gasteiger charge is 2.53. The normalized spacial score (nSPS) is 21.2. The molecule has 1 aliphatic rings. The Labute approximate surface area is 183 Å². The highest BCUT2D eigenvalue weighted by molar-refractivity contribution is 6.10. The molecular formula is C20H17F4N5O4. The molecule has 0 radical (unpaired) electrons. The number of halogens is 4. The van der Waals surface area contributed by atoms with Gasteiger partial charge in [0.1, 0.15) is 29.3 Å². The second-order valence-electron chi connectivity index (χ2n) is 7.52. The van der Waals surface area contributed by atoms with Crippen molar-refractivity contribution in [3.05, 3.63) is 53.6 Å². The van der Waals surface area contributed by atoms with Crippen molar-refractivity contribution in [2.75, 3.05) is 16.8 Å². The molecule has 1 fully saturated rings. The quantitative estimate of drug-likeness (QED) is 0.562. The lowest BCUT2D eigenvalue weighted by molar-refractivity contribution is -0.137. The number of rotatable bonds is 3. The Morgan fingerprint density at radius 2 is 1.88 bits per heavy atom. The highest BCUT2D eigenvalue weighted by Crippen LogP contribution is 2.34. The van der Waals surface area contributed by atoms with E-state index in [1.165, 1.54) is 32.3 Å². The average Bonchev–Trinajstić information content (AvgIpc) is 3.23. The van der Waals surface area contributed by atoms with Crippen LogP contribution in [0.15, 0.2) is 36.5 Å². The highest BCUT2D eigenvalue weighted by atomic mass is 19.4. The van der Waals surface area contributed by atoms with Crippen LogP contribution in [0.5, 0.6) is 0 Å². The number of amides is 2. The smallest absolute Gasteiger partial charge is 0.387 e. The van der Waals surface area contributed by atoms with Crippen molar-refractivity contribution < 1.29 is 37.4 Å². The number of likely N-dealkylation sites (N-methyl/N-ethyl adjacent to an activating group) is 1. The summed E-state index contributed by atoms with van der Waals surface area (Å²) in [6, 6.07) is 3.35. The van der Waals surface area contributed by atoms with Gasteiger partial charge in [-0.05, 0) is 37.3 Å². The minimum Gasteiger partial charge on any atom is -0.387 e. The van der Waals surface area contributed by atoms with Crippen LogP contribution in [-0.2, 0) is 15.8 Å². The summed E-state index contributed by atoms with van der Waals surface area (Å²) in [6.45, 7) is 1.27. The topological polar surface area (TPSA) is 111 Å². The molecule has 4 heterocycles. The van der Waals surface area contributed by atoms with Crippen LogP contribution in [0.25, 0.3) is 5.52 Å². The van der Waals surface area contributed by atoms with Crippen molar-refractivity contribution in [2.24, 2.45) is 0 Å². The summed E-state index contributed by atoms with van der Waals surface area (Å²) in [6.07, 6.45) is -7.45. The van der Waals surface area contributed by atoms with E-state index in [0.29, 0.717) is 11.0 Å². The summed E-state index contributed by atoms with van der Waals surface area (Å²) in [4.78, 5) is 31.2. The molecule has 3 aromatic heterocycles. The molecule has 2 N–H and O–H groups in total. The molecule has 9 nitrogen and oxygen atoms in total. The number of hydrogen-bond donors (Lipinski definition) is 2. The molecule has 0 aliphatic carbocycles. The molecule has 0 aromatic carbocycles. The lowest BCUT2D eigenvalue weighted by atomic mass is 10.1. The van der Waals surface area contributed by atoms with Gasteiger partial charge in [0.25, 0.3) is 11.8 Å². The second-order valence-corrected chi connectivity index (χ2v) is 7.52. The summed E-state index contributed by atoms with van der Waals surface area (Å²) >= 11 is 0. The molecule has 33 heavy (non-hydrogen) atoms. The van der Waals surface area contributed by atoms with E-state index in [9.17, 15) is 37.4 Å². The Morgan fingerprint density at radius 3 is 2.55 bits per heavy atom. The van der Waals surface area contributed by atoms with E-state index in [1.807, 2.05) is 0 Å². The van der Waals surface area contributed by atoms with E-state index in [2.05, 4.69) is 10.1 Å². The monoisotopic (exact) mass is 467 g/mol. The van der Waals surface area contributed by atoms with Gasteiger partial charge in [0.15, 0.2) is 11.9 Å². The summed E-state index contributed by atoms with van der Waals surface area (Å²) in [5.74, 6) is -3.23. The zero-order chi connectivity index (χ0) is 24.2. The molecular weight excluding hydrogens is 450 g/mol. The minimum atomic E-state index is -4.76. The molecule has 2 amide bonds. The molecule has 3 atom stereocenters. The Hall–Kier alpha value is -3.58. The number of pyridine rings is 1. The number of alkyl halides is 3. The SMILES string of the molecule is Cc1cc(C(F)(F)F)cc(N2C(=O)[C@@H](O)[C@@H](O)[C@H]2C(=O)N(C)c2ccc3c(F)ccn3n2)n1. The van der Waals surface area contributed by atoms with Crippen molar-refractivity contribution >= 4 is 29.0 Å². The minimum absolute atomic E-state index is 0.00253. The number of nitrogens with zero attached hydrogens (tertiary/aromatic N) is 5. The number of aromatic nitrogens is 3. The van der Waals surface area contributed by atoms with Gasteiger partial charge in [0.2, 0.25) is 0 Å². The van der Waals surface area contributed by atoms with E-state index in [4.69, 9.17) is 0 Å². The molecule has 3 aromatic rings. The average molecular weight is 467 g/mol. The van der Waals surface area contributed by atoms with Gasteiger partial charge in [-0.3, -0.25) is 19.4 Å². The standard InChI is InChI=1S/C20H17F4N5O4/c1-9-7-10(20(22,23)24)8-14(25-9)29-15(16(30)17(31)19(29)33)18(32)27(2)13-4-3-12-11(21)5-6-28(12)26-13/h3-8,15-17,30-31H,1-2H3/t15-,16-,17-/m0/s1. The van der Waals surface area contributed by atoms with Crippen molar-refractivity contribution in [1.82, 2.24) is 14.6 Å². The molecule has 0 bridgehead atoms. The predicted molar refractivity (Wildman–Crippen MR) is 106 cm³/mol. The largest absolute Gasteiger partial charge is 0.416 e. The molecule has 4 rings (SSSR count). The fourth-order valence-electron chi connectivity index (χ4n) is 3.64. The molecule has 0 saturated carbocycles. The lowest BCUT2D eigenvalue weighted by Crippen LogP contribution is -2.50. The molecule has 174 valence electrons. The van der Waals surface area contributed by atoms with Crippen LogP contribution >= 0.6 is 0 Å². The van der Waals surface area contributed by atoms with Crippen LogP contribution in [0.3, 0.4) is 0 Å². The Morgan fingerprint density at radius 1 is 1.18 bits per heavy atom. The Kier molecular flexibility index (Phi) is 5.33. The van der Waals surface area contributed by atoms with Gasteiger partial charge < -0.3 is 10.2 Å². The van der Waals surface area contributed by atoms with Crippen molar-refractivity contribution in [3.63, 3.8) is 0 Å². The van der Waals surface area contributed by atoms with Crippen molar-refractivity contribution in [2.45, 2.75) is 31.3 Å². The van der Waals surface area contributed by atoms with Crippen LogP contribution in [0.1, 0.15) is 11.3 Å². The van der Waals surface area contributed by atoms with Gasteiger partial charge >= 0.3 is 6.18 Å². The van der Waals surface area contributed by atoms with Crippen molar-refractivity contribution in [3.8, 4) is 0 Å². The molecule has 0 spiro atoms. The third-order valence-electron chi connectivity index (χ3n) is 5.31. The lowest BCUT2D eigenvalue weighted by Gasteiger charge is -2.28. The molecule has 0 unspecified atom stereocenters. The maximum absolute atomic E-state index is 13.7. The van der Waals surface area contributed by atoms with Crippen LogP contribution in [-0.4, -0.2) is 61.9 Å². The maximum Gasteiger partial charge on any atom is 0.416 e. The summed E-state index contributed by atoms with van der Waals surface area (Å²) in [7, 11) is 1.25. The molecule has 1 aliphatic heterocycles. The van der Waals surface area contributed by atoms with Gasteiger partial charge in [-0.25, -0.2) is 13.9 Å². The first kappa shape index (κ1) is 22.6. The van der Waals surface area contributed by atoms with E-state index >= 15 is 0 Å². The number of aliphatic hydroxyl groups is 2. The van der Waals surface area contributed by atoms with Crippen LogP contribution < -0.4 is 9.80 Å². The number of aryl methyl sites for hydroxylation is 1. The number of hydrogen-bond acceptors (Lipinski definition) is 6. The first-order chi connectivity index (χ1) is 15.4. The fourth-order valence-corrected chi connectivity index (χ4v) is 3.64. The Bertz CT molecular complexity index is 1260. The maximum atomic E-state index is 13.7. The number of carbonyl (C=O) groups excluding carboxylic acids is 2. The number of anilines is 2. The van der Waals surface area contributed by atoms with Gasteiger partial charge in [-0.15, -0.1) is 5.10 Å². The zero-order valence-corrected chi connectivity index (χ0v) is 17.2. The van der Waals surface area contributed by atoms with E-state index in [0.717, 1.165) is 21.5 Å². The fraction of sp³-hybridized carbons (Fsp3) is 0.300. The zero-order valence-electron chi connectivity index (χ0n) is 17.2. The van der Waals surface area contributed by atoms with E-state index in [1.54, 1.807) is 0 Å². The van der Waals surface area contributed by atoms with E-state index in [-0.39, 0.29) is 17.0 Å². The van der Waals surface area contributed by atoms with Crippen molar-refractivity contribution in [1.29, 1.82) is 0 Å². The van der Waals surface area contributed by atoms with Crippen LogP contribution in [0.4, 0.5) is 29.2 Å². The van der Waals surface area contributed by atoms with Gasteiger partial charge in [0.05, 0.1) is 5.56 Å². The van der Waals surface area contributed by atoms with Crippen LogP contribution in [0.2, 0.25) is 0 Å². The van der Waals surface area contributed by atoms with Gasteiger partial charge in [-0.1, -0.05) is 0 Å². The first-order valence-electron chi connectivity index (χ1n) is 9.56. The summed E-state index contributed by atoms with van der Waals surface area (Å²) < 4.78 is 54.7. The third-order valence-corrected chi connectivity index (χ3v) is 5.31. The Balaban J connectivity index is 1.74. The van der Waals surface area contributed by atoms with Gasteiger partial charge in [0, 0.05) is 18.9 Å². The van der Waals surface area contributed by atoms with Crippen LogP contribution in [0, 0.1) is 12.7 Å². The first-order valence-corrected chi connectivity index (χ1v) is 9.56.